The minimum absolute atomic E-state index is 0.0503. The Morgan fingerprint density at radius 1 is 1.37 bits per heavy atom. The quantitative estimate of drug-likeness (QED) is 0.555. The van der Waals surface area contributed by atoms with Crippen LogP contribution in [-0.4, -0.2) is 58.7 Å². The number of aromatic amines is 1. The average molecular weight is 393 g/mol. The van der Waals surface area contributed by atoms with Crippen LogP contribution in [0.4, 0.5) is 4.79 Å². The number of carboxylic acids is 1. The van der Waals surface area contributed by atoms with Crippen LogP contribution in [0.2, 0.25) is 5.02 Å². The van der Waals surface area contributed by atoms with Crippen LogP contribution in [0.3, 0.4) is 0 Å². The van der Waals surface area contributed by atoms with Gasteiger partial charge < -0.3 is 20.7 Å². The maximum absolute atomic E-state index is 12.1. The Hall–Kier alpha value is -2.25. The topological polar surface area (TPSA) is 97.5 Å². The zero-order chi connectivity index (χ0) is 19.4. The van der Waals surface area contributed by atoms with Gasteiger partial charge in [0.25, 0.3) is 0 Å². The summed E-state index contributed by atoms with van der Waals surface area (Å²) in [5.74, 6) is -0.815. The van der Waals surface area contributed by atoms with Gasteiger partial charge in [0.2, 0.25) is 0 Å². The zero-order valence-corrected chi connectivity index (χ0v) is 16.1. The number of H-pyrrole nitrogens is 1. The molecule has 7 nitrogen and oxygen atoms in total. The first kappa shape index (κ1) is 19.5. The van der Waals surface area contributed by atoms with Crippen molar-refractivity contribution in [1.82, 2.24) is 20.5 Å². The van der Waals surface area contributed by atoms with Crippen molar-refractivity contribution in [1.29, 1.82) is 0 Å². The lowest BCUT2D eigenvalue weighted by Crippen LogP contribution is -2.56. The van der Waals surface area contributed by atoms with Crippen LogP contribution in [0, 0.1) is 0 Å². The lowest BCUT2D eigenvalue weighted by molar-refractivity contribution is -0.139. The second-order valence-electron chi connectivity index (χ2n) is 6.93. The molecule has 0 saturated heterocycles. The molecule has 0 atom stereocenters. The first-order chi connectivity index (χ1) is 13.0. The molecular formula is C19H25ClN4O3. The fourth-order valence-electron chi connectivity index (χ4n) is 3.58. The molecule has 1 aromatic heterocycles. The predicted octanol–water partition coefficient (Wildman–Crippen LogP) is 2.60. The molecule has 1 fully saturated rings. The van der Waals surface area contributed by atoms with Crippen LogP contribution in [0.25, 0.3) is 10.9 Å². The van der Waals surface area contributed by atoms with Crippen molar-refractivity contribution in [2.45, 2.75) is 38.3 Å². The average Bonchev–Trinajstić information content (AvgIpc) is 2.98. The number of likely N-dealkylation sites (N-methyl/N-ethyl adjacent to an activating group) is 1. The van der Waals surface area contributed by atoms with E-state index >= 15 is 0 Å². The fourth-order valence-corrected chi connectivity index (χ4v) is 3.75. The first-order valence-electron chi connectivity index (χ1n) is 9.22. The summed E-state index contributed by atoms with van der Waals surface area (Å²) in [7, 11) is 0. The summed E-state index contributed by atoms with van der Waals surface area (Å²) in [6.07, 6.45) is 4.23. The fraction of sp³-hybridized carbons (Fsp3) is 0.474. The van der Waals surface area contributed by atoms with Gasteiger partial charge in [0.15, 0.2) is 0 Å². The highest BCUT2D eigenvalue weighted by molar-refractivity contribution is 6.31. The Balaban J connectivity index is 1.39. The van der Waals surface area contributed by atoms with Gasteiger partial charge in [0.1, 0.15) is 0 Å². The summed E-state index contributed by atoms with van der Waals surface area (Å²) in [5.41, 5.74) is 2.14. The normalized spacial score (nSPS) is 19.1. The van der Waals surface area contributed by atoms with Gasteiger partial charge in [-0.1, -0.05) is 18.5 Å². The van der Waals surface area contributed by atoms with E-state index in [0.29, 0.717) is 24.5 Å². The molecule has 4 N–H and O–H groups in total. The van der Waals surface area contributed by atoms with Gasteiger partial charge in [0.05, 0.1) is 6.54 Å². The van der Waals surface area contributed by atoms with Gasteiger partial charge in [-0.25, -0.2) is 4.79 Å². The number of amides is 2. The van der Waals surface area contributed by atoms with E-state index in [1.165, 1.54) is 0 Å². The SMILES string of the molecule is CCN(CC(=O)O)C1CC(NC(=O)NCCc2c[nH]c3ccc(Cl)cc23)C1. The number of nitrogens with zero attached hydrogens (tertiary/aromatic N) is 1. The van der Waals surface area contributed by atoms with E-state index in [2.05, 4.69) is 15.6 Å². The Kier molecular flexibility index (Phi) is 6.23. The number of carbonyl (C=O) groups is 2. The van der Waals surface area contributed by atoms with Crippen molar-refractivity contribution >= 4 is 34.5 Å². The molecule has 0 unspecified atom stereocenters. The third kappa shape index (κ3) is 4.93. The zero-order valence-electron chi connectivity index (χ0n) is 15.3. The van der Waals surface area contributed by atoms with Gasteiger partial charge in [-0.05, 0) is 49.6 Å². The molecule has 3 rings (SSSR count). The third-order valence-electron chi connectivity index (χ3n) is 5.12. The van der Waals surface area contributed by atoms with Crippen LogP contribution in [0.15, 0.2) is 24.4 Å². The molecule has 0 bridgehead atoms. The molecule has 1 aliphatic rings. The molecule has 146 valence electrons. The molecule has 0 aliphatic heterocycles. The number of aromatic nitrogens is 1. The smallest absolute Gasteiger partial charge is 0.317 e. The van der Waals surface area contributed by atoms with E-state index in [-0.39, 0.29) is 24.7 Å². The highest BCUT2D eigenvalue weighted by Crippen LogP contribution is 2.25. The number of carboxylic acid groups (broad SMARTS) is 1. The number of hydrogen-bond donors (Lipinski definition) is 4. The second-order valence-corrected chi connectivity index (χ2v) is 7.37. The van der Waals surface area contributed by atoms with Crippen molar-refractivity contribution in [2.24, 2.45) is 0 Å². The van der Waals surface area contributed by atoms with Crippen LogP contribution in [0.1, 0.15) is 25.3 Å². The van der Waals surface area contributed by atoms with E-state index in [9.17, 15) is 9.59 Å². The summed E-state index contributed by atoms with van der Waals surface area (Å²) >= 11 is 6.05. The summed E-state index contributed by atoms with van der Waals surface area (Å²) in [5, 5.41) is 16.5. The maximum Gasteiger partial charge on any atom is 0.317 e. The van der Waals surface area contributed by atoms with Crippen molar-refractivity contribution < 1.29 is 14.7 Å². The Labute approximate surface area is 163 Å². The van der Waals surface area contributed by atoms with Crippen LogP contribution in [0.5, 0.6) is 0 Å². The number of nitrogens with one attached hydrogen (secondary N) is 3. The van der Waals surface area contributed by atoms with Gasteiger partial charge in [0, 0.05) is 40.8 Å². The summed E-state index contributed by atoms with van der Waals surface area (Å²) in [6.45, 7) is 3.23. The molecule has 0 spiro atoms. The number of rotatable bonds is 8. The number of hydrogen-bond acceptors (Lipinski definition) is 3. The van der Waals surface area contributed by atoms with Gasteiger partial charge >= 0.3 is 12.0 Å². The van der Waals surface area contributed by atoms with E-state index in [4.69, 9.17) is 16.7 Å². The monoisotopic (exact) mass is 392 g/mol. The first-order valence-corrected chi connectivity index (χ1v) is 9.59. The standard InChI is InChI=1S/C19H25ClN4O3/c1-2-24(11-18(25)26)15-8-14(9-15)23-19(27)21-6-5-12-10-22-17-4-3-13(20)7-16(12)17/h3-4,7,10,14-15,22H,2,5-6,8-9,11H2,1H3,(H,25,26)(H2,21,23,27). The molecule has 27 heavy (non-hydrogen) atoms. The number of benzene rings is 1. The Bertz CT molecular complexity index is 816. The Morgan fingerprint density at radius 2 is 2.15 bits per heavy atom. The number of fused-ring (bicyclic) bond motifs is 1. The largest absolute Gasteiger partial charge is 0.480 e. The highest BCUT2D eigenvalue weighted by Gasteiger charge is 2.34. The summed E-state index contributed by atoms with van der Waals surface area (Å²) in [6, 6.07) is 5.86. The van der Waals surface area contributed by atoms with Crippen LogP contribution >= 0.6 is 11.6 Å². The van der Waals surface area contributed by atoms with E-state index in [0.717, 1.165) is 29.3 Å². The van der Waals surface area contributed by atoms with Gasteiger partial charge in [-0.2, -0.15) is 0 Å². The second kappa shape index (κ2) is 8.63. The molecular weight excluding hydrogens is 368 g/mol. The summed E-state index contributed by atoms with van der Waals surface area (Å²) < 4.78 is 0. The molecule has 1 heterocycles. The number of halogens is 1. The molecule has 8 heteroatoms. The third-order valence-corrected chi connectivity index (χ3v) is 5.35. The van der Waals surface area contributed by atoms with Crippen molar-refractivity contribution in [2.75, 3.05) is 19.6 Å². The van der Waals surface area contributed by atoms with Gasteiger partial charge in [-0.15, -0.1) is 0 Å². The van der Waals surface area contributed by atoms with E-state index in [1.54, 1.807) is 0 Å². The Morgan fingerprint density at radius 3 is 2.85 bits per heavy atom. The maximum atomic E-state index is 12.1. The van der Waals surface area contributed by atoms with Gasteiger partial charge in [-0.3, -0.25) is 9.69 Å². The molecule has 2 aromatic rings. The number of urea groups is 1. The lowest BCUT2D eigenvalue weighted by atomic mass is 9.85. The van der Waals surface area contributed by atoms with Crippen LogP contribution < -0.4 is 10.6 Å². The van der Waals surface area contributed by atoms with Crippen LogP contribution in [-0.2, 0) is 11.2 Å². The van der Waals surface area contributed by atoms with E-state index in [1.807, 2.05) is 36.2 Å². The molecule has 1 aliphatic carbocycles. The van der Waals surface area contributed by atoms with E-state index < -0.39 is 5.97 Å². The van der Waals surface area contributed by atoms with Crippen molar-refractivity contribution in [3.8, 4) is 0 Å². The van der Waals surface area contributed by atoms with Crippen molar-refractivity contribution in [3.05, 3.63) is 35.0 Å². The number of carbonyl (C=O) groups excluding carboxylic acids is 1. The minimum atomic E-state index is -0.815. The lowest BCUT2D eigenvalue weighted by Gasteiger charge is -2.42. The molecule has 1 aromatic carbocycles. The molecule has 2 amide bonds. The predicted molar refractivity (Wildman–Crippen MR) is 105 cm³/mol. The van der Waals surface area contributed by atoms with Crippen molar-refractivity contribution in [3.63, 3.8) is 0 Å². The molecule has 1 saturated carbocycles. The number of aliphatic carboxylic acids is 1. The highest BCUT2D eigenvalue weighted by atomic mass is 35.5. The minimum Gasteiger partial charge on any atom is -0.480 e. The molecule has 0 radical (unpaired) electrons. The summed E-state index contributed by atoms with van der Waals surface area (Å²) in [4.78, 5) is 28.1.